The van der Waals surface area contributed by atoms with Crippen LogP contribution in [0.2, 0.25) is 0 Å². The van der Waals surface area contributed by atoms with Crippen LogP contribution in [0.5, 0.6) is 5.75 Å². The first-order valence-electron chi connectivity index (χ1n) is 5.22. The van der Waals surface area contributed by atoms with E-state index in [4.69, 9.17) is 9.84 Å². The van der Waals surface area contributed by atoms with E-state index in [1.807, 2.05) is 22.6 Å². The van der Waals surface area contributed by atoms with Crippen LogP contribution in [0.25, 0.3) is 0 Å². The zero-order chi connectivity index (χ0) is 13.8. The molecule has 0 aromatic heterocycles. The third-order valence-electron chi connectivity index (χ3n) is 2.26. The number of hydrogen-bond acceptors (Lipinski definition) is 4. The minimum absolute atomic E-state index is 0.0378. The Bertz CT molecular complexity index is 538. The molecule has 0 saturated heterocycles. The van der Waals surface area contributed by atoms with Crippen LogP contribution in [-0.4, -0.2) is 37.6 Å². The molecule has 0 spiro atoms. The fraction of sp³-hybridized carbons (Fsp3) is 0.364. The molecular weight excluding hydrogens is 371 g/mol. The summed E-state index contributed by atoms with van der Waals surface area (Å²) in [5, 5.41) is 8.99. The summed E-state index contributed by atoms with van der Waals surface area (Å²) >= 11 is 2.00. The van der Waals surface area contributed by atoms with E-state index in [2.05, 4.69) is 0 Å². The van der Waals surface area contributed by atoms with Gasteiger partial charge in [0.1, 0.15) is 17.9 Å². The van der Waals surface area contributed by atoms with Gasteiger partial charge >= 0.3 is 5.97 Å². The van der Waals surface area contributed by atoms with Crippen molar-refractivity contribution >= 4 is 38.4 Å². The van der Waals surface area contributed by atoms with Gasteiger partial charge in [-0.3, -0.25) is 0 Å². The minimum Gasteiger partial charge on any atom is -0.492 e. The zero-order valence-electron chi connectivity index (χ0n) is 9.72. The van der Waals surface area contributed by atoms with Gasteiger partial charge in [0.2, 0.25) is 0 Å². The molecule has 0 aliphatic carbocycles. The van der Waals surface area contributed by atoms with E-state index in [1.54, 1.807) is 13.0 Å². The quantitative estimate of drug-likeness (QED) is 0.757. The molecule has 0 amide bonds. The van der Waals surface area contributed by atoms with Crippen LogP contribution in [0.4, 0.5) is 0 Å². The van der Waals surface area contributed by atoms with E-state index in [0.29, 0.717) is 0 Å². The molecule has 0 unspecified atom stereocenters. The third kappa shape index (κ3) is 4.45. The van der Waals surface area contributed by atoms with Crippen molar-refractivity contribution in [3.8, 4) is 5.75 Å². The van der Waals surface area contributed by atoms with E-state index in [-0.39, 0.29) is 29.4 Å². The predicted molar refractivity (Wildman–Crippen MR) is 75.9 cm³/mol. The Labute approximate surface area is 119 Å². The molecule has 0 bridgehead atoms. The van der Waals surface area contributed by atoms with Gasteiger partial charge in [0.25, 0.3) is 0 Å². The van der Waals surface area contributed by atoms with E-state index < -0.39 is 15.8 Å². The summed E-state index contributed by atoms with van der Waals surface area (Å²) in [4.78, 5) is 11.0. The van der Waals surface area contributed by atoms with Crippen LogP contribution in [0.3, 0.4) is 0 Å². The maximum Gasteiger partial charge on any atom is 0.339 e. The number of benzene rings is 1. The van der Waals surface area contributed by atoms with Gasteiger partial charge < -0.3 is 9.84 Å². The topological polar surface area (TPSA) is 80.7 Å². The molecule has 1 aromatic carbocycles. The molecule has 0 saturated carbocycles. The maximum absolute atomic E-state index is 11.3. The van der Waals surface area contributed by atoms with E-state index in [0.717, 1.165) is 3.57 Å². The molecule has 0 heterocycles. The zero-order valence-corrected chi connectivity index (χ0v) is 12.7. The number of sulfone groups is 1. The summed E-state index contributed by atoms with van der Waals surface area (Å²) in [5.41, 5.74) is 0.0378. The number of halogens is 1. The lowest BCUT2D eigenvalue weighted by molar-refractivity contribution is 0.0692. The van der Waals surface area contributed by atoms with Crippen LogP contribution in [0.15, 0.2) is 18.2 Å². The Morgan fingerprint density at radius 2 is 2.11 bits per heavy atom. The number of rotatable bonds is 6. The van der Waals surface area contributed by atoms with Gasteiger partial charge in [-0.15, -0.1) is 0 Å². The molecule has 5 nitrogen and oxygen atoms in total. The molecule has 18 heavy (non-hydrogen) atoms. The maximum atomic E-state index is 11.3. The SMILES string of the molecule is CCS(=O)(=O)CCOc1ccc(I)cc1C(=O)O. The molecule has 0 fully saturated rings. The molecule has 7 heteroatoms. The molecule has 1 aromatic rings. The van der Waals surface area contributed by atoms with Crippen molar-refractivity contribution in [1.29, 1.82) is 0 Å². The standard InChI is InChI=1S/C11H13IO5S/c1-2-18(15,16)6-5-17-10-4-3-8(12)7-9(10)11(13)14/h3-4,7H,2,5-6H2,1H3,(H,13,14). The Balaban J connectivity index is 2.77. The van der Waals surface area contributed by atoms with Crippen molar-refractivity contribution in [2.24, 2.45) is 0 Å². The number of aromatic carboxylic acids is 1. The fourth-order valence-corrected chi connectivity index (χ4v) is 2.34. The average molecular weight is 384 g/mol. The fourth-order valence-electron chi connectivity index (χ4n) is 1.22. The highest BCUT2D eigenvalue weighted by Gasteiger charge is 2.13. The van der Waals surface area contributed by atoms with Gasteiger partial charge in [0.15, 0.2) is 9.84 Å². The summed E-state index contributed by atoms with van der Waals surface area (Å²) < 4.78 is 28.5. The number of carboxylic acid groups (broad SMARTS) is 1. The highest BCUT2D eigenvalue weighted by molar-refractivity contribution is 14.1. The predicted octanol–water partition coefficient (Wildman–Crippen LogP) is 1.80. The van der Waals surface area contributed by atoms with E-state index in [1.165, 1.54) is 12.1 Å². The van der Waals surface area contributed by atoms with Crippen molar-refractivity contribution in [3.63, 3.8) is 0 Å². The van der Waals surface area contributed by atoms with Crippen LogP contribution < -0.4 is 4.74 Å². The van der Waals surface area contributed by atoms with Crippen molar-refractivity contribution in [2.45, 2.75) is 6.92 Å². The molecular formula is C11H13IO5S. The molecule has 1 N–H and O–H groups in total. The van der Waals surface area contributed by atoms with Gasteiger partial charge in [0.05, 0.1) is 5.75 Å². The number of hydrogen-bond donors (Lipinski definition) is 1. The first kappa shape index (κ1) is 15.2. The van der Waals surface area contributed by atoms with Crippen LogP contribution in [0.1, 0.15) is 17.3 Å². The average Bonchev–Trinajstić information content (AvgIpc) is 2.30. The summed E-state index contributed by atoms with van der Waals surface area (Å²) in [7, 11) is -3.10. The molecule has 100 valence electrons. The van der Waals surface area contributed by atoms with Gasteiger partial charge in [-0.25, -0.2) is 13.2 Å². The summed E-state index contributed by atoms with van der Waals surface area (Å²) in [6.45, 7) is 1.51. The highest BCUT2D eigenvalue weighted by Crippen LogP contribution is 2.21. The molecule has 0 atom stereocenters. The lowest BCUT2D eigenvalue weighted by Gasteiger charge is -2.09. The van der Waals surface area contributed by atoms with Crippen LogP contribution >= 0.6 is 22.6 Å². The third-order valence-corrected chi connectivity index (χ3v) is 4.60. The smallest absolute Gasteiger partial charge is 0.339 e. The molecule has 0 aliphatic heterocycles. The Kier molecular flexibility index (Phi) is 5.39. The summed E-state index contributed by atoms with van der Waals surface area (Å²) in [5.74, 6) is -0.972. The van der Waals surface area contributed by atoms with E-state index in [9.17, 15) is 13.2 Å². The Morgan fingerprint density at radius 3 is 2.67 bits per heavy atom. The van der Waals surface area contributed by atoms with Crippen molar-refractivity contribution in [3.05, 3.63) is 27.3 Å². The second-order valence-electron chi connectivity index (χ2n) is 3.53. The van der Waals surface area contributed by atoms with Crippen molar-refractivity contribution in [2.75, 3.05) is 18.1 Å². The molecule has 0 aliphatic rings. The largest absolute Gasteiger partial charge is 0.492 e. The lowest BCUT2D eigenvalue weighted by atomic mass is 10.2. The van der Waals surface area contributed by atoms with Crippen molar-refractivity contribution < 1.29 is 23.1 Å². The monoisotopic (exact) mass is 384 g/mol. The second-order valence-corrected chi connectivity index (χ2v) is 7.25. The normalized spacial score (nSPS) is 11.2. The first-order valence-corrected chi connectivity index (χ1v) is 8.12. The van der Waals surface area contributed by atoms with Gasteiger partial charge in [-0.1, -0.05) is 6.92 Å². The summed E-state index contributed by atoms with van der Waals surface area (Å²) in [6.07, 6.45) is 0. The van der Waals surface area contributed by atoms with Gasteiger partial charge in [0, 0.05) is 9.32 Å². The van der Waals surface area contributed by atoms with E-state index >= 15 is 0 Å². The molecule has 0 radical (unpaired) electrons. The highest BCUT2D eigenvalue weighted by atomic mass is 127. The van der Waals surface area contributed by atoms with Crippen molar-refractivity contribution in [1.82, 2.24) is 0 Å². The van der Waals surface area contributed by atoms with Crippen LogP contribution in [-0.2, 0) is 9.84 Å². The summed E-state index contributed by atoms with van der Waals surface area (Å²) in [6, 6.07) is 4.72. The second kappa shape index (κ2) is 6.37. The Hall–Kier alpha value is -0.830. The Morgan fingerprint density at radius 1 is 1.44 bits per heavy atom. The van der Waals surface area contributed by atoms with Crippen LogP contribution in [0, 0.1) is 3.57 Å². The number of carbonyl (C=O) groups is 1. The number of ether oxygens (including phenoxy) is 1. The lowest BCUT2D eigenvalue weighted by Crippen LogP contribution is -2.16. The van der Waals surface area contributed by atoms with Gasteiger partial charge in [-0.05, 0) is 40.8 Å². The van der Waals surface area contributed by atoms with Gasteiger partial charge in [-0.2, -0.15) is 0 Å². The number of carboxylic acids is 1. The minimum atomic E-state index is -3.10. The molecule has 1 rings (SSSR count). The first-order chi connectivity index (χ1) is 8.35.